The van der Waals surface area contributed by atoms with Crippen LogP contribution in [0.2, 0.25) is 0 Å². The Labute approximate surface area is 310 Å². The van der Waals surface area contributed by atoms with Crippen molar-refractivity contribution in [3.05, 3.63) is 182 Å². The first-order chi connectivity index (χ1) is 26.8. The molecule has 11 aromatic rings. The maximum Gasteiger partial charge on any atom is 0.162 e. The van der Waals surface area contributed by atoms with E-state index in [1.807, 2.05) is 36.4 Å². The van der Waals surface area contributed by atoms with Gasteiger partial charge in [-0.2, -0.15) is 0 Å². The predicted molar refractivity (Wildman–Crippen MR) is 221 cm³/mol. The molecule has 5 nitrogen and oxygen atoms in total. The summed E-state index contributed by atoms with van der Waals surface area (Å²) in [5.41, 5.74) is 12.5. The first kappa shape index (κ1) is 30.3. The van der Waals surface area contributed by atoms with Gasteiger partial charge in [0.2, 0.25) is 0 Å². The van der Waals surface area contributed by atoms with Crippen LogP contribution in [0.3, 0.4) is 0 Å². The van der Waals surface area contributed by atoms with Gasteiger partial charge in [0.25, 0.3) is 0 Å². The fourth-order valence-electron chi connectivity index (χ4n) is 7.93. The van der Waals surface area contributed by atoms with Gasteiger partial charge in [-0.3, -0.25) is 0 Å². The van der Waals surface area contributed by atoms with E-state index in [-0.39, 0.29) is 0 Å². The number of para-hydroxylation sites is 5. The quantitative estimate of drug-likeness (QED) is 0.180. The molecule has 5 heteroatoms. The number of furan rings is 1. The molecule has 4 aromatic heterocycles. The van der Waals surface area contributed by atoms with Crippen molar-refractivity contribution in [1.29, 1.82) is 0 Å². The number of fused-ring (bicyclic) bond motifs is 8. The van der Waals surface area contributed by atoms with Gasteiger partial charge in [-0.05, 0) is 48.5 Å². The Bertz CT molecular complexity index is 3160. The minimum atomic E-state index is 0.663. The zero-order valence-corrected chi connectivity index (χ0v) is 29.0. The van der Waals surface area contributed by atoms with Gasteiger partial charge in [0.05, 0.1) is 44.7 Å². The molecule has 11 rings (SSSR count). The second-order valence-electron chi connectivity index (χ2n) is 13.6. The second-order valence-corrected chi connectivity index (χ2v) is 13.6. The lowest BCUT2D eigenvalue weighted by Crippen LogP contribution is -2.01. The Kier molecular flexibility index (Phi) is 6.79. The molecule has 54 heavy (non-hydrogen) atoms. The molecule has 0 saturated carbocycles. The van der Waals surface area contributed by atoms with Crippen LogP contribution in [0, 0.1) is 0 Å². The molecule has 0 aliphatic carbocycles. The molecular formula is C49H30N4O. The van der Waals surface area contributed by atoms with E-state index < -0.39 is 0 Å². The molecule has 0 atom stereocenters. The number of hydrogen-bond acceptors (Lipinski definition) is 4. The molecule has 0 radical (unpaired) electrons. The Balaban J connectivity index is 1.09. The molecule has 0 amide bonds. The van der Waals surface area contributed by atoms with Gasteiger partial charge in [0.1, 0.15) is 11.2 Å². The zero-order chi connectivity index (χ0) is 35.6. The summed E-state index contributed by atoms with van der Waals surface area (Å²) >= 11 is 0. The molecule has 0 bridgehead atoms. The van der Waals surface area contributed by atoms with Crippen LogP contribution >= 0.6 is 0 Å². The molecular weight excluding hydrogens is 661 g/mol. The topological polar surface area (TPSA) is 56.7 Å². The van der Waals surface area contributed by atoms with E-state index in [1.54, 1.807) is 0 Å². The predicted octanol–water partition coefficient (Wildman–Crippen LogP) is 12.7. The Hall–Kier alpha value is -7.37. The number of rotatable bonds is 5. The van der Waals surface area contributed by atoms with Crippen molar-refractivity contribution in [2.75, 3.05) is 0 Å². The highest BCUT2D eigenvalue weighted by atomic mass is 16.3. The fourth-order valence-corrected chi connectivity index (χ4v) is 7.93. The van der Waals surface area contributed by atoms with E-state index in [2.05, 4.69) is 150 Å². The third-order valence-corrected chi connectivity index (χ3v) is 10.4. The third kappa shape index (κ3) is 4.76. The van der Waals surface area contributed by atoms with Crippen LogP contribution in [0.5, 0.6) is 0 Å². The minimum Gasteiger partial charge on any atom is -0.455 e. The number of pyridine rings is 1. The van der Waals surface area contributed by atoms with Crippen molar-refractivity contribution in [2.24, 2.45) is 0 Å². The molecule has 0 saturated heterocycles. The molecule has 0 aliphatic heterocycles. The van der Waals surface area contributed by atoms with Crippen molar-refractivity contribution in [1.82, 2.24) is 19.5 Å². The third-order valence-electron chi connectivity index (χ3n) is 10.4. The monoisotopic (exact) mass is 690 g/mol. The van der Waals surface area contributed by atoms with Crippen LogP contribution in [-0.4, -0.2) is 19.5 Å². The lowest BCUT2D eigenvalue weighted by atomic mass is 10.00. The van der Waals surface area contributed by atoms with E-state index in [0.29, 0.717) is 5.82 Å². The number of aromatic nitrogens is 4. The molecule has 0 aliphatic rings. The van der Waals surface area contributed by atoms with Crippen LogP contribution in [0.4, 0.5) is 0 Å². The van der Waals surface area contributed by atoms with Crippen LogP contribution < -0.4 is 0 Å². The van der Waals surface area contributed by atoms with Gasteiger partial charge in [0, 0.05) is 43.8 Å². The van der Waals surface area contributed by atoms with Crippen molar-refractivity contribution in [3.63, 3.8) is 0 Å². The zero-order valence-electron chi connectivity index (χ0n) is 29.0. The lowest BCUT2D eigenvalue weighted by Gasteiger charge is -2.15. The summed E-state index contributed by atoms with van der Waals surface area (Å²) in [5, 5.41) is 5.51. The summed E-state index contributed by atoms with van der Waals surface area (Å²) in [6.45, 7) is 0. The lowest BCUT2D eigenvalue weighted by molar-refractivity contribution is 0.672. The van der Waals surface area contributed by atoms with Gasteiger partial charge in [-0.25, -0.2) is 15.0 Å². The molecule has 0 fully saturated rings. The van der Waals surface area contributed by atoms with E-state index in [0.717, 1.165) is 88.9 Å². The normalized spacial score (nSPS) is 11.7. The van der Waals surface area contributed by atoms with Crippen molar-refractivity contribution >= 4 is 54.6 Å². The van der Waals surface area contributed by atoms with Gasteiger partial charge in [-0.1, -0.05) is 133 Å². The minimum absolute atomic E-state index is 0.663. The van der Waals surface area contributed by atoms with Crippen LogP contribution in [0.15, 0.2) is 186 Å². The first-order valence-electron chi connectivity index (χ1n) is 18.1. The second kappa shape index (κ2) is 12.1. The summed E-state index contributed by atoms with van der Waals surface area (Å²) in [6.07, 6.45) is 0. The first-order valence-corrected chi connectivity index (χ1v) is 18.1. The van der Waals surface area contributed by atoms with Crippen LogP contribution in [0.1, 0.15) is 0 Å². The summed E-state index contributed by atoms with van der Waals surface area (Å²) in [6, 6.07) is 63.0. The highest BCUT2D eigenvalue weighted by Crippen LogP contribution is 2.40. The van der Waals surface area contributed by atoms with Crippen LogP contribution in [-0.2, 0) is 0 Å². The fraction of sp³-hybridized carbons (Fsp3) is 0. The van der Waals surface area contributed by atoms with E-state index in [9.17, 15) is 0 Å². The van der Waals surface area contributed by atoms with E-state index >= 15 is 0 Å². The SMILES string of the molecule is c1ccc(-c2cc(-c3ccc(-c4nc5ccccc5c5oc6ccccc6c45)cc3)nc(-c3ccccc3-n3c4ccccc4c4ccccc43)n2)cc1. The molecule has 0 unspecified atom stereocenters. The van der Waals surface area contributed by atoms with Gasteiger partial charge < -0.3 is 8.98 Å². The van der Waals surface area contributed by atoms with Crippen molar-refractivity contribution in [3.8, 4) is 50.8 Å². The van der Waals surface area contributed by atoms with Crippen LogP contribution in [0.25, 0.3) is 105 Å². The maximum atomic E-state index is 6.46. The Morgan fingerprint density at radius 2 is 0.981 bits per heavy atom. The van der Waals surface area contributed by atoms with E-state index in [1.165, 1.54) is 10.8 Å². The summed E-state index contributed by atoms with van der Waals surface area (Å²) in [4.78, 5) is 15.7. The highest BCUT2D eigenvalue weighted by molar-refractivity contribution is 6.19. The summed E-state index contributed by atoms with van der Waals surface area (Å²) < 4.78 is 8.79. The van der Waals surface area contributed by atoms with Crippen molar-refractivity contribution in [2.45, 2.75) is 0 Å². The highest BCUT2D eigenvalue weighted by Gasteiger charge is 2.20. The van der Waals surface area contributed by atoms with Gasteiger partial charge in [-0.15, -0.1) is 0 Å². The Morgan fingerprint density at radius 1 is 0.426 bits per heavy atom. The van der Waals surface area contributed by atoms with E-state index in [4.69, 9.17) is 19.4 Å². The molecule has 252 valence electrons. The largest absolute Gasteiger partial charge is 0.455 e. The van der Waals surface area contributed by atoms with Crippen molar-refractivity contribution < 1.29 is 4.42 Å². The number of hydrogen-bond donors (Lipinski definition) is 0. The molecule has 4 heterocycles. The summed E-state index contributed by atoms with van der Waals surface area (Å²) in [5.74, 6) is 0.663. The Morgan fingerprint density at radius 3 is 1.72 bits per heavy atom. The maximum absolute atomic E-state index is 6.46. The van der Waals surface area contributed by atoms with Gasteiger partial charge in [0.15, 0.2) is 5.82 Å². The molecule has 0 spiro atoms. The number of nitrogens with zero attached hydrogens (tertiary/aromatic N) is 4. The standard InChI is InChI=1S/C49H30N4O/c1-2-14-31(15-3-1)40-30-41(52-49(51-40)37-19-7-12-24-44(37)53-42-22-10-5-16-34(42)35-17-6-11-23-43(35)53)32-26-28-33(29-27-32)47-46-38-20-8-13-25-45(38)54-48(46)36-18-4-9-21-39(36)50-47/h1-30H. The average Bonchev–Trinajstić information content (AvgIpc) is 3.80. The smallest absolute Gasteiger partial charge is 0.162 e. The summed E-state index contributed by atoms with van der Waals surface area (Å²) in [7, 11) is 0. The molecule has 7 aromatic carbocycles. The average molecular weight is 691 g/mol. The molecule has 0 N–H and O–H groups in total. The number of benzene rings is 7. The van der Waals surface area contributed by atoms with Gasteiger partial charge >= 0.3 is 0 Å².